The van der Waals surface area contributed by atoms with Crippen LogP contribution < -0.4 is 4.74 Å². The minimum atomic E-state index is -0.470. The minimum absolute atomic E-state index is 0.0204. The van der Waals surface area contributed by atoms with Crippen LogP contribution >= 0.6 is 35.1 Å². The third kappa shape index (κ3) is 5.41. The van der Waals surface area contributed by atoms with Gasteiger partial charge in [0, 0.05) is 16.2 Å². The third-order valence-corrected chi connectivity index (χ3v) is 7.64. The topological polar surface area (TPSA) is 78.1 Å². The molecule has 0 spiro atoms. The molecule has 0 saturated heterocycles. The molecule has 36 heavy (non-hydrogen) atoms. The standard InChI is InChI=1S/C27H21ClN4O2S2/c1-17-6-12-20(13-7-17)35-15-14-34-19-10-8-18(9-11-19)16-22-24(29)32-27(30-25(22)33)36-26(31-32)21-4-2-3-5-23(21)28/h2-13,16,29H,14-15H2,1H3/b22-16-,29-24?. The van der Waals surface area contributed by atoms with Crippen LogP contribution in [0.2, 0.25) is 5.02 Å². The van der Waals surface area contributed by atoms with Crippen LogP contribution in [-0.4, -0.2) is 39.3 Å². The van der Waals surface area contributed by atoms with Gasteiger partial charge in [-0.15, -0.1) is 11.8 Å². The summed E-state index contributed by atoms with van der Waals surface area (Å²) < 4.78 is 5.85. The molecular weight excluding hydrogens is 512 g/mol. The summed E-state index contributed by atoms with van der Waals surface area (Å²) in [5.74, 6) is 1.10. The van der Waals surface area contributed by atoms with Crippen molar-refractivity contribution in [3.8, 4) is 5.75 Å². The van der Waals surface area contributed by atoms with E-state index in [4.69, 9.17) is 21.7 Å². The van der Waals surface area contributed by atoms with Gasteiger partial charge < -0.3 is 4.74 Å². The normalized spacial score (nSPS) is 16.2. The number of benzene rings is 3. The van der Waals surface area contributed by atoms with E-state index in [0.717, 1.165) is 22.6 Å². The summed E-state index contributed by atoms with van der Waals surface area (Å²) in [4.78, 5) is 18.1. The second-order valence-electron chi connectivity index (χ2n) is 7.98. The Balaban J connectivity index is 1.23. The van der Waals surface area contributed by atoms with Crippen molar-refractivity contribution in [2.24, 2.45) is 10.1 Å². The zero-order chi connectivity index (χ0) is 25.1. The number of fused-ring (bicyclic) bond motifs is 1. The van der Waals surface area contributed by atoms with E-state index in [9.17, 15) is 4.79 Å². The number of amidine groups is 2. The molecule has 0 atom stereocenters. The van der Waals surface area contributed by atoms with Gasteiger partial charge in [-0.3, -0.25) is 10.2 Å². The van der Waals surface area contributed by atoms with Crippen LogP contribution in [-0.2, 0) is 4.79 Å². The highest BCUT2D eigenvalue weighted by Gasteiger charge is 2.36. The number of nitrogens with one attached hydrogen (secondary N) is 1. The maximum atomic E-state index is 12.7. The van der Waals surface area contributed by atoms with Gasteiger partial charge in [0.1, 0.15) is 10.8 Å². The van der Waals surface area contributed by atoms with Gasteiger partial charge in [0.25, 0.3) is 5.91 Å². The molecule has 9 heteroatoms. The van der Waals surface area contributed by atoms with Crippen LogP contribution in [0.4, 0.5) is 0 Å². The Bertz CT molecular complexity index is 1420. The summed E-state index contributed by atoms with van der Waals surface area (Å²) in [7, 11) is 0. The highest BCUT2D eigenvalue weighted by atomic mass is 35.5. The summed E-state index contributed by atoms with van der Waals surface area (Å²) in [6.45, 7) is 2.66. The highest BCUT2D eigenvalue weighted by molar-refractivity contribution is 8.27. The summed E-state index contributed by atoms with van der Waals surface area (Å²) >= 11 is 9.27. The average molecular weight is 533 g/mol. The largest absolute Gasteiger partial charge is 0.493 e. The molecule has 2 heterocycles. The Labute approximate surface area is 222 Å². The van der Waals surface area contributed by atoms with Crippen molar-refractivity contribution >= 4 is 63.2 Å². The predicted molar refractivity (Wildman–Crippen MR) is 149 cm³/mol. The Morgan fingerprint density at radius 2 is 1.83 bits per heavy atom. The van der Waals surface area contributed by atoms with Gasteiger partial charge in [-0.2, -0.15) is 15.1 Å². The number of hydrogen-bond donors (Lipinski definition) is 1. The van der Waals surface area contributed by atoms with Gasteiger partial charge >= 0.3 is 0 Å². The first-order valence-electron chi connectivity index (χ1n) is 11.2. The number of hydrazone groups is 1. The van der Waals surface area contributed by atoms with Crippen LogP contribution in [0.5, 0.6) is 5.75 Å². The molecule has 6 nitrogen and oxygen atoms in total. The zero-order valence-corrected chi connectivity index (χ0v) is 21.7. The van der Waals surface area contributed by atoms with Crippen LogP contribution in [0.3, 0.4) is 0 Å². The van der Waals surface area contributed by atoms with Crippen molar-refractivity contribution in [1.29, 1.82) is 5.41 Å². The molecule has 180 valence electrons. The molecule has 0 fully saturated rings. The second kappa shape index (κ2) is 10.7. The number of hydrogen-bond acceptors (Lipinski definition) is 6. The Hall–Kier alpha value is -3.33. The van der Waals surface area contributed by atoms with E-state index >= 15 is 0 Å². The van der Waals surface area contributed by atoms with Crippen LogP contribution in [0.25, 0.3) is 6.08 Å². The fraction of sp³-hybridized carbons (Fsp3) is 0.111. The van der Waals surface area contributed by atoms with Gasteiger partial charge in [-0.25, -0.2) is 0 Å². The quantitative estimate of drug-likeness (QED) is 0.214. The molecule has 2 aliphatic heterocycles. The molecule has 1 N–H and O–H groups in total. The molecule has 0 saturated carbocycles. The number of rotatable bonds is 7. The number of nitrogens with zero attached hydrogens (tertiary/aromatic N) is 3. The molecule has 5 rings (SSSR count). The van der Waals surface area contributed by atoms with Crippen molar-refractivity contribution in [3.05, 3.63) is 100 Å². The second-order valence-corrected chi connectivity index (χ2v) is 10.5. The van der Waals surface area contributed by atoms with E-state index in [-0.39, 0.29) is 11.4 Å². The Morgan fingerprint density at radius 1 is 1.08 bits per heavy atom. The first kappa shape index (κ1) is 24.4. The number of ether oxygens (including phenoxy) is 1. The lowest BCUT2D eigenvalue weighted by Gasteiger charge is -2.20. The van der Waals surface area contributed by atoms with Crippen LogP contribution in [0.1, 0.15) is 16.7 Å². The fourth-order valence-electron chi connectivity index (χ4n) is 3.52. The van der Waals surface area contributed by atoms with E-state index < -0.39 is 5.91 Å². The van der Waals surface area contributed by atoms with E-state index in [0.29, 0.717) is 21.8 Å². The first-order valence-corrected chi connectivity index (χ1v) is 13.3. The lowest BCUT2D eigenvalue weighted by Crippen LogP contribution is -2.35. The molecule has 1 amide bonds. The van der Waals surface area contributed by atoms with Crippen molar-refractivity contribution in [2.75, 3.05) is 12.4 Å². The average Bonchev–Trinajstić information content (AvgIpc) is 3.30. The Morgan fingerprint density at radius 3 is 2.58 bits per heavy atom. The molecule has 0 aliphatic carbocycles. The predicted octanol–water partition coefficient (Wildman–Crippen LogP) is 6.49. The number of amides is 1. The van der Waals surface area contributed by atoms with Gasteiger partial charge in [-0.05, 0) is 60.7 Å². The van der Waals surface area contributed by atoms with Crippen molar-refractivity contribution < 1.29 is 9.53 Å². The maximum absolute atomic E-state index is 12.7. The summed E-state index contributed by atoms with van der Waals surface area (Å²) in [5, 5.41) is 15.9. The lowest BCUT2D eigenvalue weighted by atomic mass is 10.1. The maximum Gasteiger partial charge on any atom is 0.283 e. The van der Waals surface area contributed by atoms with Gasteiger partial charge in [0.15, 0.2) is 5.84 Å². The van der Waals surface area contributed by atoms with Gasteiger partial charge in [0.2, 0.25) is 5.17 Å². The van der Waals surface area contributed by atoms with Gasteiger partial charge in [-0.1, -0.05) is 59.6 Å². The molecule has 0 bridgehead atoms. The molecular formula is C27H21ClN4O2S2. The van der Waals surface area contributed by atoms with Crippen molar-refractivity contribution in [3.63, 3.8) is 0 Å². The number of carbonyl (C=O) groups is 1. The zero-order valence-electron chi connectivity index (χ0n) is 19.3. The number of carbonyl (C=O) groups excluding carboxylic acids is 1. The summed E-state index contributed by atoms with van der Waals surface area (Å²) in [5.41, 5.74) is 2.92. The SMILES string of the molecule is Cc1ccc(SCCOc2ccc(/C=C3/C(=N)N4N=C(c5ccccc5Cl)SC4=NC3=O)cc2)cc1. The number of thioether (sulfide) groups is 2. The number of halogens is 1. The molecule has 0 unspecified atom stereocenters. The third-order valence-electron chi connectivity index (χ3n) is 5.39. The Kier molecular flexibility index (Phi) is 7.27. The smallest absolute Gasteiger partial charge is 0.283 e. The summed E-state index contributed by atoms with van der Waals surface area (Å²) in [6.07, 6.45) is 1.65. The highest BCUT2D eigenvalue weighted by Crippen LogP contribution is 2.33. The lowest BCUT2D eigenvalue weighted by molar-refractivity contribution is -0.114. The van der Waals surface area contributed by atoms with Crippen molar-refractivity contribution in [1.82, 2.24) is 5.01 Å². The molecule has 0 radical (unpaired) electrons. The van der Waals surface area contributed by atoms with Crippen LogP contribution in [0.15, 0.2) is 93.4 Å². The molecule has 2 aliphatic rings. The molecule has 0 aromatic heterocycles. The monoisotopic (exact) mass is 532 g/mol. The van der Waals surface area contributed by atoms with Crippen LogP contribution in [0, 0.1) is 12.3 Å². The van der Waals surface area contributed by atoms with E-state index in [1.54, 1.807) is 23.9 Å². The number of aliphatic imine (C=N–C) groups is 1. The number of aryl methyl sites for hydroxylation is 1. The van der Waals surface area contributed by atoms with Crippen molar-refractivity contribution in [2.45, 2.75) is 11.8 Å². The molecule has 3 aromatic rings. The van der Waals surface area contributed by atoms with E-state index in [2.05, 4.69) is 41.3 Å². The molecule has 3 aromatic carbocycles. The van der Waals surface area contributed by atoms with E-state index in [1.807, 2.05) is 42.5 Å². The summed E-state index contributed by atoms with van der Waals surface area (Å²) in [6, 6.07) is 23.2. The first-order chi connectivity index (χ1) is 17.5. The van der Waals surface area contributed by atoms with E-state index in [1.165, 1.54) is 27.2 Å². The van der Waals surface area contributed by atoms with Gasteiger partial charge in [0.05, 0.1) is 17.2 Å². The minimum Gasteiger partial charge on any atom is -0.493 e. The fourth-order valence-corrected chi connectivity index (χ4v) is 5.46.